The van der Waals surface area contributed by atoms with Crippen molar-refractivity contribution < 1.29 is 0 Å². The Bertz CT molecular complexity index is 282. The molecule has 0 amide bonds. The van der Waals surface area contributed by atoms with E-state index in [1.165, 1.54) is 5.56 Å². The summed E-state index contributed by atoms with van der Waals surface area (Å²) in [6, 6.07) is 10.6. The van der Waals surface area contributed by atoms with Crippen LogP contribution in [0.15, 0.2) is 30.3 Å². The van der Waals surface area contributed by atoms with Crippen LogP contribution in [0.1, 0.15) is 12.5 Å². The lowest BCUT2D eigenvalue weighted by Crippen LogP contribution is -2.39. The van der Waals surface area contributed by atoms with Gasteiger partial charge in [0, 0.05) is 6.54 Å². The Kier molecular flexibility index (Phi) is 4.30. The Morgan fingerprint density at radius 3 is 2.27 bits per heavy atom. The van der Waals surface area contributed by atoms with Crippen molar-refractivity contribution in [3.63, 3.8) is 0 Å². The predicted molar refractivity (Wildman–Crippen MR) is 65.9 cm³/mol. The molecule has 1 unspecified atom stereocenters. The minimum atomic E-state index is 0.171. The topological polar surface area (TPSA) is 29.3 Å². The smallest absolute Gasteiger partial charge is 0.00445 e. The molecule has 1 rings (SSSR count). The van der Waals surface area contributed by atoms with Crippen molar-refractivity contribution in [2.75, 3.05) is 27.2 Å². The standard InChI is InChI=1S/C13H22N2/c1-13(10-14,11-15(2)3)9-12-7-5-4-6-8-12/h4-8H,9-11,14H2,1-3H3. The van der Waals surface area contributed by atoms with Crippen molar-refractivity contribution in [1.82, 2.24) is 4.90 Å². The van der Waals surface area contributed by atoms with E-state index in [9.17, 15) is 0 Å². The average molecular weight is 206 g/mol. The van der Waals surface area contributed by atoms with Crippen LogP contribution in [0.4, 0.5) is 0 Å². The van der Waals surface area contributed by atoms with Gasteiger partial charge in [-0.2, -0.15) is 0 Å². The van der Waals surface area contributed by atoms with Gasteiger partial charge < -0.3 is 10.6 Å². The molecule has 2 heteroatoms. The second-order valence-corrected chi connectivity index (χ2v) is 4.91. The maximum absolute atomic E-state index is 5.88. The van der Waals surface area contributed by atoms with Crippen molar-refractivity contribution in [3.8, 4) is 0 Å². The van der Waals surface area contributed by atoms with Gasteiger partial charge >= 0.3 is 0 Å². The summed E-state index contributed by atoms with van der Waals surface area (Å²) in [4.78, 5) is 2.20. The number of nitrogens with two attached hydrogens (primary N) is 1. The van der Waals surface area contributed by atoms with Gasteiger partial charge in [0.25, 0.3) is 0 Å². The summed E-state index contributed by atoms with van der Waals surface area (Å²) in [5.74, 6) is 0. The van der Waals surface area contributed by atoms with E-state index in [4.69, 9.17) is 5.73 Å². The van der Waals surface area contributed by atoms with Gasteiger partial charge in [0.1, 0.15) is 0 Å². The Balaban J connectivity index is 2.68. The van der Waals surface area contributed by atoms with Crippen molar-refractivity contribution in [1.29, 1.82) is 0 Å². The van der Waals surface area contributed by atoms with E-state index in [1.807, 2.05) is 0 Å². The first-order chi connectivity index (χ1) is 7.06. The molecule has 0 radical (unpaired) electrons. The fraction of sp³-hybridized carbons (Fsp3) is 0.538. The SMILES string of the molecule is CN(C)CC(C)(CN)Cc1ccccc1. The van der Waals surface area contributed by atoms with E-state index in [0.717, 1.165) is 19.5 Å². The minimum absolute atomic E-state index is 0.171. The molecule has 0 spiro atoms. The molecule has 0 saturated carbocycles. The van der Waals surface area contributed by atoms with Crippen LogP contribution in [-0.2, 0) is 6.42 Å². The first-order valence-electron chi connectivity index (χ1n) is 5.44. The maximum atomic E-state index is 5.88. The van der Waals surface area contributed by atoms with Gasteiger partial charge in [-0.15, -0.1) is 0 Å². The lowest BCUT2D eigenvalue weighted by molar-refractivity contribution is 0.224. The highest BCUT2D eigenvalue weighted by molar-refractivity contribution is 5.16. The third-order valence-corrected chi connectivity index (χ3v) is 2.66. The molecule has 1 aromatic rings. The number of hydrogen-bond donors (Lipinski definition) is 1. The van der Waals surface area contributed by atoms with Crippen molar-refractivity contribution in [2.24, 2.45) is 11.1 Å². The normalized spacial score (nSPS) is 15.3. The number of benzene rings is 1. The first kappa shape index (κ1) is 12.2. The van der Waals surface area contributed by atoms with Crippen LogP contribution in [0.25, 0.3) is 0 Å². The van der Waals surface area contributed by atoms with Gasteiger partial charge in [0.2, 0.25) is 0 Å². The Labute approximate surface area is 93.1 Å². The van der Waals surface area contributed by atoms with E-state index in [0.29, 0.717) is 0 Å². The number of rotatable bonds is 5. The van der Waals surface area contributed by atoms with Crippen molar-refractivity contribution in [3.05, 3.63) is 35.9 Å². The summed E-state index contributed by atoms with van der Waals surface area (Å²) in [7, 11) is 4.19. The highest BCUT2D eigenvalue weighted by Gasteiger charge is 2.23. The summed E-state index contributed by atoms with van der Waals surface area (Å²) in [6.07, 6.45) is 1.04. The van der Waals surface area contributed by atoms with Gasteiger partial charge in [-0.1, -0.05) is 37.3 Å². The second-order valence-electron chi connectivity index (χ2n) is 4.91. The lowest BCUT2D eigenvalue weighted by atomic mass is 9.83. The van der Waals surface area contributed by atoms with Crippen LogP contribution < -0.4 is 5.73 Å². The second kappa shape index (κ2) is 5.29. The van der Waals surface area contributed by atoms with Crippen molar-refractivity contribution >= 4 is 0 Å². The first-order valence-corrected chi connectivity index (χ1v) is 5.44. The molecular formula is C13H22N2. The zero-order valence-corrected chi connectivity index (χ0v) is 10.0. The molecule has 84 valence electrons. The molecule has 1 atom stereocenters. The molecule has 0 saturated heterocycles. The Morgan fingerprint density at radius 2 is 1.80 bits per heavy atom. The van der Waals surface area contributed by atoms with E-state index in [1.54, 1.807) is 0 Å². The number of hydrogen-bond acceptors (Lipinski definition) is 2. The minimum Gasteiger partial charge on any atom is -0.330 e. The third kappa shape index (κ3) is 4.02. The quantitative estimate of drug-likeness (QED) is 0.795. The van der Waals surface area contributed by atoms with Crippen LogP contribution in [0.3, 0.4) is 0 Å². The summed E-state index contributed by atoms with van der Waals surface area (Å²) in [6.45, 7) is 4.00. The van der Waals surface area contributed by atoms with Gasteiger partial charge in [-0.25, -0.2) is 0 Å². The number of nitrogens with zero attached hydrogens (tertiary/aromatic N) is 1. The molecule has 2 N–H and O–H groups in total. The zero-order valence-electron chi connectivity index (χ0n) is 10.0. The zero-order chi connectivity index (χ0) is 11.3. The lowest BCUT2D eigenvalue weighted by Gasteiger charge is -2.31. The van der Waals surface area contributed by atoms with Gasteiger partial charge in [0.15, 0.2) is 0 Å². The molecule has 15 heavy (non-hydrogen) atoms. The summed E-state index contributed by atoms with van der Waals surface area (Å²) >= 11 is 0. The largest absolute Gasteiger partial charge is 0.330 e. The van der Waals surface area contributed by atoms with Gasteiger partial charge in [0.05, 0.1) is 0 Å². The molecule has 0 aliphatic heterocycles. The predicted octanol–water partition coefficient (Wildman–Crippen LogP) is 1.76. The van der Waals surface area contributed by atoms with Crippen LogP contribution in [0.2, 0.25) is 0 Å². The Hall–Kier alpha value is -0.860. The van der Waals surface area contributed by atoms with Crippen LogP contribution in [0.5, 0.6) is 0 Å². The van der Waals surface area contributed by atoms with E-state index in [2.05, 4.69) is 56.3 Å². The van der Waals surface area contributed by atoms with Crippen LogP contribution >= 0.6 is 0 Å². The average Bonchev–Trinajstić information content (AvgIpc) is 2.18. The van der Waals surface area contributed by atoms with Gasteiger partial charge in [-0.3, -0.25) is 0 Å². The molecule has 0 aliphatic carbocycles. The molecule has 2 nitrogen and oxygen atoms in total. The summed E-state index contributed by atoms with van der Waals surface area (Å²) in [5.41, 5.74) is 7.42. The molecule has 1 aromatic carbocycles. The van der Waals surface area contributed by atoms with Crippen molar-refractivity contribution in [2.45, 2.75) is 13.3 Å². The monoisotopic (exact) mass is 206 g/mol. The highest BCUT2D eigenvalue weighted by atomic mass is 15.1. The molecule has 0 bridgehead atoms. The van der Waals surface area contributed by atoms with E-state index < -0.39 is 0 Å². The molecular weight excluding hydrogens is 184 g/mol. The third-order valence-electron chi connectivity index (χ3n) is 2.66. The van der Waals surface area contributed by atoms with Crippen LogP contribution in [0, 0.1) is 5.41 Å². The van der Waals surface area contributed by atoms with E-state index >= 15 is 0 Å². The molecule has 0 aliphatic rings. The fourth-order valence-corrected chi connectivity index (χ4v) is 2.04. The van der Waals surface area contributed by atoms with Gasteiger partial charge in [-0.05, 0) is 38.0 Å². The molecule has 0 heterocycles. The van der Waals surface area contributed by atoms with Crippen LogP contribution in [-0.4, -0.2) is 32.1 Å². The molecule has 0 aromatic heterocycles. The molecule has 0 fully saturated rings. The maximum Gasteiger partial charge on any atom is 0.00445 e. The highest BCUT2D eigenvalue weighted by Crippen LogP contribution is 2.21. The Morgan fingerprint density at radius 1 is 1.20 bits per heavy atom. The summed E-state index contributed by atoms with van der Waals surface area (Å²) in [5, 5.41) is 0. The summed E-state index contributed by atoms with van der Waals surface area (Å²) < 4.78 is 0. The van der Waals surface area contributed by atoms with E-state index in [-0.39, 0.29) is 5.41 Å². The fourth-order valence-electron chi connectivity index (χ4n) is 2.04.